The summed E-state index contributed by atoms with van der Waals surface area (Å²) in [6, 6.07) is 0. The lowest BCUT2D eigenvalue weighted by Gasteiger charge is -2.19. The van der Waals surface area contributed by atoms with Crippen LogP contribution in [0.2, 0.25) is 0 Å². The van der Waals surface area contributed by atoms with E-state index in [1.54, 1.807) is 12.2 Å². The van der Waals surface area contributed by atoms with Crippen molar-refractivity contribution in [1.29, 1.82) is 0 Å². The quantitative estimate of drug-likeness (QED) is 0.0177. The average molecular weight is 866 g/mol. The zero-order valence-corrected chi connectivity index (χ0v) is 38.9. The van der Waals surface area contributed by atoms with Gasteiger partial charge in [0.15, 0.2) is 6.10 Å². The van der Waals surface area contributed by atoms with Crippen LogP contribution >= 0.6 is 7.82 Å². The number of ether oxygens (including phenoxy) is 2. The monoisotopic (exact) mass is 866 g/mol. The van der Waals surface area contributed by atoms with Crippen LogP contribution in [0.15, 0.2) is 60.8 Å². The zero-order valence-electron chi connectivity index (χ0n) is 38.0. The van der Waals surface area contributed by atoms with Crippen molar-refractivity contribution >= 4 is 19.8 Å². The molecule has 0 aliphatic heterocycles. The third-order valence-electron chi connectivity index (χ3n) is 9.96. The van der Waals surface area contributed by atoms with Gasteiger partial charge in [0.05, 0.1) is 19.3 Å². The number of carbonyl (C=O) groups excluding carboxylic acids is 2. The van der Waals surface area contributed by atoms with E-state index in [-0.39, 0.29) is 32.6 Å². The lowest BCUT2D eigenvalue weighted by Crippen LogP contribution is -2.29. The fraction of sp³-hybridized carbons (Fsp3) is 0.755. The summed E-state index contributed by atoms with van der Waals surface area (Å²) in [4.78, 5) is 34.9. The second-order valence-corrected chi connectivity index (χ2v) is 17.3. The Bertz CT molecular complexity index is 1190. The minimum Gasteiger partial charge on any atom is -0.462 e. The summed E-state index contributed by atoms with van der Waals surface area (Å²) in [6.45, 7) is 3.54. The number of carbonyl (C=O) groups is 2. The van der Waals surface area contributed by atoms with E-state index < -0.39 is 38.6 Å². The van der Waals surface area contributed by atoms with Crippen molar-refractivity contribution in [1.82, 2.24) is 0 Å². The van der Waals surface area contributed by atoms with Gasteiger partial charge in [-0.05, 0) is 70.6 Å². The van der Waals surface area contributed by atoms with Gasteiger partial charge in [0.25, 0.3) is 0 Å². The molecular formula is C49H88NO9P. The first-order chi connectivity index (χ1) is 29.2. The highest BCUT2D eigenvalue weighted by Gasteiger charge is 2.26. The molecule has 0 fully saturated rings. The molecule has 348 valence electrons. The van der Waals surface area contributed by atoms with E-state index in [9.17, 15) is 24.2 Å². The standard InChI is InChI=1S/C49H88NO9P/c1-3-5-7-9-11-13-14-15-16-17-18-19-20-21-22-23-24-26-28-32-37-41-49(53)59-47(45-58-60(54,55)57-43-42-50)44-56-48(52)40-36-33-29-31-35-39-46(51)38-34-30-27-25-12-10-8-6-4-2/h12,15-16,25,29-31,34-35,39,46-47,51H,3-11,13-14,17-24,26-28,32-33,36-38,40-45,50H2,1-2H3,(H,54,55)/b16-15-,25-12-,31-29+,34-30-,39-35-/t46?,47-/m1/s1. The highest BCUT2D eigenvalue weighted by atomic mass is 31.2. The summed E-state index contributed by atoms with van der Waals surface area (Å²) in [5.74, 6) is -0.959. The fourth-order valence-electron chi connectivity index (χ4n) is 6.35. The molecule has 3 atom stereocenters. The van der Waals surface area contributed by atoms with Crippen LogP contribution in [-0.4, -0.2) is 60.5 Å². The van der Waals surface area contributed by atoms with Crippen molar-refractivity contribution < 1.29 is 42.7 Å². The number of aliphatic hydroxyl groups excluding tert-OH is 1. The van der Waals surface area contributed by atoms with Crippen LogP contribution in [0, 0.1) is 0 Å². The SMILES string of the molecule is CCCCC/C=C\C/C=C\CC(O)/C=C\C=C\CCCC(=O)OC[C@H](COP(=O)(O)OCCN)OC(=O)CCCCCCCCCCCCC/C=C\CCCCCCCC. The van der Waals surface area contributed by atoms with Gasteiger partial charge < -0.3 is 25.2 Å². The molecular weight excluding hydrogens is 778 g/mol. The minimum absolute atomic E-state index is 0.0320. The maximum atomic E-state index is 12.6. The first kappa shape index (κ1) is 57.7. The summed E-state index contributed by atoms with van der Waals surface area (Å²) in [7, 11) is -4.41. The Labute approximate surface area is 366 Å². The molecule has 0 aromatic heterocycles. The van der Waals surface area contributed by atoms with Crippen LogP contribution in [-0.2, 0) is 32.7 Å². The van der Waals surface area contributed by atoms with Crippen LogP contribution in [0.25, 0.3) is 0 Å². The molecule has 0 aromatic carbocycles. The molecule has 4 N–H and O–H groups in total. The number of hydrogen-bond acceptors (Lipinski definition) is 9. The van der Waals surface area contributed by atoms with Crippen molar-refractivity contribution in [3.63, 3.8) is 0 Å². The molecule has 60 heavy (non-hydrogen) atoms. The Morgan fingerprint density at radius 1 is 0.583 bits per heavy atom. The van der Waals surface area contributed by atoms with E-state index in [4.69, 9.17) is 24.3 Å². The number of nitrogens with two attached hydrogens (primary N) is 1. The number of esters is 2. The molecule has 0 bridgehead atoms. The molecule has 0 radical (unpaired) electrons. The molecule has 2 unspecified atom stereocenters. The molecule has 0 heterocycles. The van der Waals surface area contributed by atoms with Gasteiger partial charge in [0.2, 0.25) is 0 Å². The van der Waals surface area contributed by atoms with Gasteiger partial charge in [-0.25, -0.2) is 4.57 Å². The molecule has 0 amide bonds. The highest BCUT2D eigenvalue weighted by molar-refractivity contribution is 7.47. The fourth-order valence-corrected chi connectivity index (χ4v) is 7.11. The van der Waals surface area contributed by atoms with Crippen molar-refractivity contribution in [2.24, 2.45) is 5.73 Å². The topological polar surface area (TPSA) is 155 Å². The summed E-state index contributed by atoms with van der Waals surface area (Å²) in [5, 5.41) is 10.1. The Morgan fingerprint density at radius 2 is 1.08 bits per heavy atom. The summed E-state index contributed by atoms with van der Waals surface area (Å²) >= 11 is 0. The number of phosphoric acid groups is 1. The van der Waals surface area contributed by atoms with E-state index in [0.717, 1.165) is 32.1 Å². The molecule has 0 aliphatic rings. The maximum Gasteiger partial charge on any atom is 0.472 e. The van der Waals surface area contributed by atoms with E-state index >= 15 is 0 Å². The number of rotatable bonds is 44. The van der Waals surface area contributed by atoms with Crippen molar-refractivity contribution in [3.05, 3.63) is 60.8 Å². The predicted molar refractivity (Wildman–Crippen MR) is 249 cm³/mol. The lowest BCUT2D eigenvalue weighted by molar-refractivity contribution is -0.161. The van der Waals surface area contributed by atoms with Crippen LogP contribution in [0.1, 0.15) is 200 Å². The van der Waals surface area contributed by atoms with Crippen LogP contribution in [0.4, 0.5) is 0 Å². The molecule has 0 aliphatic carbocycles. The maximum absolute atomic E-state index is 12.6. The van der Waals surface area contributed by atoms with E-state index in [1.807, 2.05) is 18.2 Å². The van der Waals surface area contributed by atoms with Gasteiger partial charge in [0, 0.05) is 19.4 Å². The molecule has 10 nitrogen and oxygen atoms in total. The van der Waals surface area contributed by atoms with Gasteiger partial charge in [-0.3, -0.25) is 18.6 Å². The third-order valence-corrected chi connectivity index (χ3v) is 10.9. The number of unbranched alkanes of at least 4 members (excludes halogenated alkanes) is 21. The van der Waals surface area contributed by atoms with Crippen LogP contribution < -0.4 is 5.73 Å². The largest absolute Gasteiger partial charge is 0.472 e. The first-order valence-electron chi connectivity index (χ1n) is 23.9. The Kier molecular flexibility index (Phi) is 43.0. The van der Waals surface area contributed by atoms with Gasteiger partial charge in [-0.15, -0.1) is 0 Å². The third kappa shape index (κ3) is 43.7. The Balaban J connectivity index is 4.24. The van der Waals surface area contributed by atoms with Crippen LogP contribution in [0.3, 0.4) is 0 Å². The second kappa shape index (κ2) is 44.7. The highest BCUT2D eigenvalue weighted by Crippen LogP contribution is 2.43. The molecule has 0 saturated carbocycles. The summed E-state index contributed by atoms with van der Waals surface area (Å²) in [5.41, 5.74) is 5.35. The smallest absolute Gasteiger partial charge is 0.462 e. The normalized spacial score (nSPS) is 14.3. The lowest BCUT2D eigenvalue weighted by atomic mass is 10.0. The van der Waals surface area contributed by atoms with E-state index in [0.29, 0.717) is 25.7 Å². The minimum atomic E-state index is -4.41. The van der Waals surface area contributed by atoms with E-state index in [1.165, 1.54) is 116 Å². The summed E-state index contributed by atoms with van der Waals surface area (Å²) < 4.78 is 32.7. The van der Waals surface area contributed by atoms with Gasteiger partial charge in [-0.1, -0.05) is 177 Å². The van der Waals surface area contributed by atoms with Crippen molar-refractivity contribution in [2.75, 3.05) is 26.4 Å². The van der Waals surface area contributed by atoms with Gasteiger partial charge in [0.1, 0.15) is 6.61 Å². The summed E-state index contributed by atoms with van der Waals surface area (Å²) in [6.07, 6.45) is 50.0. The molecule has 0 spiro atoms. The van der Waals surface area contributed by atoms with Crippen LogP contribution in [0.5, 0.6) is 0 Å². The zero-order chi connectivity index (χ0) is 44.0. The predicted octanol–water partition coefficient (Wildman–Crippen LogP) is 13.0. The number of allylic oxidation sites excluding steroid dienone is 8. The van der Waals surface area contributed by atoms with Gasteiger partial charge in [-0.2, -0.15) is 0 Å². The molecule has 11 heteroatoms. The first-order valence-corrected chi connectivity index (χ1v) is 25.4. The van der Waals surface area contributed by atoms with E-state index in [2.05, 4.69) is 44.2 Å². The number of aliphatic hydroxyl groups is 1. The van der Waals surface area contributed by atoms with Crippen molar-refractivity contribution in [3.8, 4) is 0 Å². The van der Waals surface area contributed by atoms with Gasteiger partial charge >= 0.3 is 19.8 Å². The Morgan fingerprint density at radius 3 is 1.70 bits per heavy atom. The number of phosphoric ester groups is 1. The molecule has 0 saturated heterocycles. The second-order valence-electron chi connectivity index (χ2n) is 15.8. The molecule has 0 aromatic rings. The molecule has 0 rings (SSSR count). The Hall–Kier alpha value is -2.33. The average Bonchev–Trinajstić information content (AvgIpc) is 3.23. The van der Waals surface area contributed by atoms with Crippen molar-refractivity contribution in [2.45, 2.75) is 212 Å². The number of hydrogen-bond donors (Lipinski definition) is 3.